The summed E-state index contributed by atoms with van der Waals surface area (Å²) < 4.78 is 1.58. The Labute approximate surface area is 143 Å². The van der Waals surface area contributed by atoms with Gasteiger partial charge in [0.1, 0.15) is 30.8 Å². The molecule has 2 aliphatic heterocycles. The van der Waals surface area contributed by atoms with Crippen LogP contribution >= 0.6 is 0 Å². The highest BCUT2D eigenvalue weighted by Crippen LogP contribution is 2.17. The lowest BCUT2D eigenvalue weighted by atomic mass is 10.2. The summed E-state index contributed by atoms with van der Waals surface area (Å²) in [4.78, 5) is 40.1. The average Bonchev–Trinajstić information content (AvgIpc) is 3.33. The molecule has 2 saturated heterocycles. The normalized spacial score (nSPS) is 20.6. The second kappa shape index (κ2) is 6.46. The lowest BCUT2D eigenvalue weighted by Crippen LogP contribution is -2.53. The SMILES string of the molecule is O=C1CCC(C(=O)N2CCN(c3cc(-n4cncn4)ncn3)CC2)N1. The fraction of sp³-hybridized carbons (Fsp3) is 0.467. The van der Waals surface area contributed by atoms with Gasteiger partial charge in [-0.15, -0.1) is 0 Å². The first-order valence-electron chi connectivity index (χ1n) is 8.21. The molecule has 2 aliphatic rings. The molecule has 0 saturated carbocycles. The topological polar surface area (TPSA) is 109 Å². The van der Waals surface area contributed by atoms with Crippen molar-refractivity contribution < 1.29 is 9.59 Å². The Balaban J connectivity index is 1.40. The number of anilines is 1. The molecule has 0 aromatic carbocycles. The number of carbonyl (C=O) groups excluding carboxylic acids is 2. The Kier molecular flexibility index (Phi) is 4.00. The molecular formula is C15H18N8O2. The number of carbonyl (C=O) groups is 2. The molecule has 2 aromatic heterocycles. The van der Waals surface area contributed by atoms with Crippen LogP contribution in [0.2, 0.25) is 0 Å². The Bertz CT molecular complexity index is 770. The van der Waals surface area contributed by atoms with Crippen molar-refractivity contribution >= 4 is 17.6 Å². The van der Waals surface area contributed by atoms with E-state index in [1.807, 2.05) is 11.0 Å². The lowest BCUT2D eigenvalue weighted by Gasteiger charge is -2.36. The summed E-state index contributed by atoms with van der Waals surface area (Å²) in [6, 6.07) is 1.49. The van der Waals surface area contributed by atoms with Gasteiger partial charge < -0.3 is 15.1 Å². The van der Waals surface area contributed by atoms with E-state index < -0.39 is 0 Å². The zero-order chi connectivity index (χ0) is 17.2. The maximum Gasteiger partial charge on any atom is 0.245 e. The molecule has 1 atom stereocenters. The third-order valence-electron chi connectivity index (χ3n) is 4.50. The number of nitrogens with one attached hydrogen (secondary N) is 1. The van der Waals surface area contributed by atoms with Crippen LogP contribution in [0.1, 0.15) is 12.8 Å². The van der Waals surface area contributed by atoms with Crippen LogP contribution in [0.5, 0.6) is 0 Å². The van der Waals surface area contributed by atoms with Crippen LogP contribution in [0.15, 0.2) is 25.0 Å². The van der Waals surface area contributed by atoms with E-state index in [0.717, 1.165) is 5.82 Å². The second-order valence-corrected chi connectivity index (χ2v) is 6.05. The van der Waals surface area contributed by atoms with E-state index in [-0.39, 0.29) is 17.9 Å². The van der Waals surface area contributed by atoms with Gasteiger partial charge in [-0.2, -0.15) is 5.10 Å². The van der Waals surface area contributed by atoms with Crippen LogP contribution < -0.4 is 10.2 Å². The van der Waals surface area contributed by atoms with Crippen molar-refractivity contribution in [2.45, 2.75) is 18.9 Å². The quantitative estimate of drug-likeness (QED) is 0.761. The highest BCUT2D eigenvalue weighted by molar-refractivity contribution is 5.90. The molecule has 4 heterocycles. The van der Waals surface area contributed by atoms with Gasteiger partial charge in [0.25, 0.3) is 0 Å². The summed E-state index contributed by atoms with van der Waals surface area (Å²) in [6.45, 7) is 2.57. The molecule has 2 aromatic rings. The number of hydrogen-bond acceptors (Lipinski definition) is 7. The number of piperazine rings is 1. The maximum absolute atomic E-state index is 12.4. The number of amides is 2. The third-order valence-corrected chi connectivity index (χ3v) is 4.50. The zero-order valence-electron chi connectivity index (χ0n) is 13.6. The largest absolute Gasteiger partial charge is 0.353 e. The van der Waals surface area contributed by atoms with Crippen LogP contribution in [-0.4, -0.2) is 73.7 Å². The van der Waals surface area contributed by atoms with E-state index in [9.17, 15) is 9.59 Å². The molecule has 10 nitrogen and oxygen atoms in total. The predicted molar refractivity (Wildman–Crippen MR) is 86.9 cm³/mol. The first kappa shape index (κ1) is 15.5. The zero-order valence-corrected chi connectivity index (χ0v) is 13.6. The fourth-order valence-electron chi connectivity index (χ4n) is 3.14. The van der Waals surface area contributed by atoms with Gasteiger partial charge in [-0.25, -0.2) is 19.6 Å². The van der Waals surface area contributed by atoms with E-state index >= 15 is 0 Å². The minimum atomic E-state index is -0.364. The molecule has 2 amide bonds. The van der Waals surface area contributed by atoms with Crippen molar-refractivity contribution in [3.8, 4) is 5.82 Å². The van der Waals surface area contributed by atoms with Gasteiger partial charge in [0.05, 0.1) is 0 Å². The maximum atomic E-state index is 12.4. The summed E-state index contributed by atoms with van der Waals surface area (Å²) in [5.74, 6) is 1.41. The Morgan fingerprint density at radius 1 is 1.12 bits per heavy atom. The van der Waals surface area contributed by atoms with Crippen molar-refractivity contribution in [1.82, 2.24) is 34.9 Å². The fourth-order valence-corrected chi connectivity index (χ4v) is 3.14. The van der Waals surface area contributed by atoms with Crippen LogP contribution in [0.3, 0.4) is 0 Å². The van der Waals surface area contributed by atoms with E-state index in [1.54, 1.807) is 11.0 Å². The molecule has 4 rings (SSSR count). The molecule has 0 bridgehead atoms. The van der Waals surface area contributed by atoms with Gasteiger partial charge in [0.2, 0.25) is 11.8 Å². The highest BCUT2D eigenvalue weighted by Gasteiger charge is 2.32. The first-order chi connectivity index (χ1) is 12.2. The summed E-state index contributed by atoms with van der Waals surface area (Å²) in [5.41, 5.74) is 0. The molecule has 0 radical (unpaired) electrons. The molecule has 1 unspecified atom stereocenters. The van der Waals surface area contributed by atoms with Crippen molar-refractivity contribution in [2.24, 2.45) is 0 Å². The van der Waals surface area contributed by atoms with Crippen LogP contribution in [-0.2, 0) is 9.59 Å². The number of nitrogens with zero attached hydrogens (tertiary/aromatic N) is 7. The predicted octanol–water partition coefficient (Wildman–Crippen LogP) is -1.02. The summed E-state index contributed by atoms with van der Waals surface area (Å²) in [7, 11) is 0. The Hall–Kier alpha value is -3.04. The molecular weight excluding hydrogens is 324 g/mol. The number of rotatable bonds is 3. The molecule has 0 aliphatic carbocycles. The van der Waals surface area contributed by atoms with Gasteiger partial charge in [0, 0.05) is 38.7 Å². The standard InChI is InChI=1S/C15H18N8O2/c24-14-2-1-11(20-14)15(25)22-5-3-21(4-6-22)12-7-13(18-9-17-12)23-10-16-8-19-23/h7-11H,1-6H2,(H,20,24). The van der Waals surface area contributed by atoms with Gasteiger partial charge in [-0.3, -0.25) is 9.59 Å². The van der Waals surface area contributed by atoms with Crippen LogP contribution in [0.4, 0.5) is 5.82 Å². The van der Waals surface area contributed by atoms with Crippen molar-refractivity contribution in [2.75, 3.05) is 31.1 Å². The second-order valence-electron chi connectivity index (χ2n) is 6.05. The molecule has 1 N–H and O–H groups in total. The molecule has 10 heteroatoms. The molecule has 130 valence electrons. The first-order valence-corrected chi connectivity index (χ1v) is 8.21. The molecule has 0 spiro atoms. The van der Waals surface area contributed by atoms with Crippen molar-refractivity contribution in [1.29, 1.82) is 0 Å². The van der Waals surface area contributed by atoms with Gasteiger partial charge in [0.15, 0.2) is 5.82 Å². The van der Waals surface area contributed by atoms with Gasteiger partial charge >= 0.3 is 0 Å². The van der Waals surface area contributed by atoms with Crippen LogP contribution in [0, 0.1) is 0 Å². The highest BCUT2D eigenvalue weighted by atomic mass is 16.2. The summed E-state index contributed by atoms with van der Waals surface area (Å²) >= 11 is 0. The summed E-state index contributed by atoms with van der Waals surface area (Å²) in [5, 5.41) is 6.80. The minimum absolute atomic E-state index is 0.0106. The van der Waals surface area contributed by atoms with E-state index in [4.69, 9.17) is 0 Å². The molecule has 25 heavy (non-hydrogen) atoms. The van der Waals surface area contributed by atoms with Gasteiger partial charge in [-0.1, -0.05) is 0 Å². The number of aromatic nitrogens is 5. The molecule has 2 fully saturated rings. The Morgan fingerprint density at radius 3 is 2.60 bits per heavy atom. The van der Waals surface area contributed by atoms with E-state index in [0.29, 0.717) is 44.8 Å². The minimum Gasteiger partial charge on any atom is -0.353 e. The van der Waals surface area contributed by atoms with Crippen LogP contribution in [0.25, 0.3) is 5.82 Å². The third kappa shape index (κ3) is 3.14. The van der Waals surface area contributed by atoms with E-state index in [1.165, 1.54) is 12.7 Å². The monoisotopic (exact) mass is 342 g/mol. The van der Waals surface area contributed by atoms with E-state index in [2.05, 4.69) is 30.3 Å². The number of hydrogen-bond donors (Lipinski definition) is 1. The summed E-state index contributed by atoms with van der Waals surface area (Å²) in [6.07, 6.45) is 5.55. The lowest BCUT2D eigenvalue weighted by molar-refractivity contribution is -0.134. The smallest absolute Gasteiger partial charge is 0.245 e. The van der Waals surface area contributed by atoms with Crippen molar-refractivity contribution in [3.63, 3.8) is 0 Å². The van der Waals surface area contributed by atoms with Gasteiger partial charge in [-0.05, 0) is 6.42 Å². The van der Waals surface area contributed by atoms with Crippen molar-refractivity contribution in [3.05, 3.63) is 25.0 Å². The average molecular weight is 342 g/mol. The Morgan fingerprint density at radius 2 is 1.92 bits per heavy atom.